The number of anilines is 1. The molecule has 0 bridgehead atoms. The van der Waals surface area contributed by atoms with E-state index in [-0.39, 0.29) is 5.91 Å². The molecule has 1 aliphatic rings. The molecule has 1 fully saturated rings. The van der Waals surface area contributed by atoms with Gasteiger partial charge in [-0.15, -0.1) is 0 Å². The van der Waals surface area contributed by atoms with Crippen molar-refractivity contribution in [3.63, 3.8) is 0 Å². The van der Waals surface area contributed by atoms with Gasteiger partial charge in [0.15, 0.2) is 4.75 Å². The zero-order valence-electron chi connectivity index (χ0n) is 10.6. The van der Waals surface area contributed by atoms with Crippen LogP contribution in [0.3, 0.4) is 0 Å². The van der Waals surface area contributed by atoms with Gasteiger partial charge >= 0.3 is 0 Å². The van der Waals surface area contributed by atoms with Gasteiger partial charge in [-0.3, -0.25) is 4.79 Å². The van der Waals surface area contributed by atoms with Crippen molar-refractivity contribution < 1.29 is 13.2 Å². The summed E-state index contributed by atoms with van der Waals surface area (Å²) in [7, 11) is -1.76. The summed E-state index contributed by atoms with van der Waals surface area (Å²) in [6, 6.07) is 6.96. The Hall–Kier alpha value is -1.40. The van der Waals surface area contributed by atoms with E-state index in [9.17, 15) is 13.2 Å². The number of rotatable bonds is 3. The van der Waals surface area contributed by atoms with E-state index >= 15 is 0 Å². The Morgan fingerprint density at radius 3 is 2.56 bits per heavy atom. The highest BCUT2D eigenvalue weighted by Gasteiger charge is 2.60. The van der Waals surface area contributed by atoms with E-state index in [2.05, 4.69) is 5.32 Å². The molecule has 98 valence electrons. The lowest BCUT2D eigenvalue weighted by Crippen LogP contribution is -2.67. The molecule has 1 saturated heterocycles. The number of benzene rings is 1. The van der Waals surface area contributed by atoms with E-state index in [0.29, 0.717) is 12.2 Å². The molecule has 0 aliphatic carbocycles. The summed E-state index contributed by atoms with van der Waals surface area (Å²) in [5.41, 5.74) is 1.34. The monoisotopic (exact) mass is 268 g/mol. The predicted octanol–water partition coefficient (Wildman–Crippen LogP) is 0.861. The van der Waals surface area contributed by atoms with Crippen LogP contribution < -0.4 is 9.62 Å². The quantitative estimate of drug-likeness (QED) is 0.883. The Morgan fingerprint density at radius 1 is 1.33 bits per heavy atom. The Kier molecular flexibility index (Phi) is 2.95. The Morgan fingerprint density at radius 2 is 2.00 bits per heavy atom. The van der Waals surface area contributed by atoms with Crippen LogP contribution in [0.5, 0.6) is 0 Å². The molecule has 0 unspecified atom stereocenters. The van der Waals surface area contributed by atoms with Gasteiger partial charge in [0, 0.05) is 6.54 Å². The second kappa shape index (κ2) is 4.07. The summed E-state index contributed by atoms with van der Waals surface area (Å²) in [5, 5.41) is 2.98. The van der Waals surface area contributed by atoms with Gasteiger partial charge in [-0.2, -0.15) is 0 Å². The topological polar surface area (TPSA) is 66.5 Å². The molecule has 0 atom stereocenters. The molecule has 1 aromatic rings. The van der Waals surface area contributed by atoms with Gasteiger partial charge in [-0.1, -0.05) is 12.1 Å². The van der Waals surface area contributed by atoms with Crippen molar-refractivity contribution in [2.24, 2.45) is 0 Å². The first-order chi connectivity index (χ1) is 8.32. The number of hydrogen-bond acceptors (Lipinski definition) is 4. The molecule has 1 heterocycles. The van der Waals surface area contributed by atoms with E-state index in [1.807, 2.05) is 6.07 Å². The zero-order chi connectivity index (χ0) is 13.6. The maximum Gasteiger partial charge on any atom is 0.263 e. The van der Waals surface area contributed by atoms with Gasteiger partial charge in [-0.25, -0.2) is 12.7 Å². The highest BCUT2D eigenvalue weighted by molar-refractivity contribution is 7.98. The minimum atomic E-state index is -3.57. The molecule has 2 rings (SSSR count). The fraction of sp³-hybridized carbons (Fsp3) is 0.417. The normalized spacial score (nSPS) is 20.6. The lowest BCUT2D eigenvalue weighted by Gasteiger charge is -2.42. The van der Waals surface area contributed by atoms with Crippen LogP contribution in [0.4, 0.5) is 5.69 Å². The molecule has 1 amide bonds. The summed E-state index contributed by atoms with van der Waals surface area (Å²) < 4.78 is 23.6. The lowest BCUT2D eigenvalue weighted by molar-refractivity contribution is -0.120. The van der Waals surface area contributed by atoms with Crippen LogP contribution in [0.25, 0.3) is 0 Å². The minimum absolute atomic E-state index is 0.385. The molecular formula is C12H16N2O3S. The molecule has 0 spiro atoms. The van der Waals surface area contributed by atoms with Crippen molar-refractivity contribution in [2.45, 2.75) is 25.1 Å². The highest BCUT2D eigenvalue weighted by atomic mass is 32.2. The van der Waals surface area contributed by atoms with Crippen LogP contribution in [-0.4, -0.2) is 26.1 Å². The second-order valence-corrected chi connectivity index (χ2v) is 7.12. The third-order valence-corrected chi connectivity index (χ3v) is 5.43. The standard InChI is InChI=1S/C12H16N2O3S/c1-12(2)11(15)14(18(12,16)17)10-6-4-5-9(7-10)8-13-3/h4-7,13H,8H2,1-3H3. The molecule has 1 aromatic carbocycles. The van der Waals surface area contributed by atoms with E-state index < -0.39 is 14.8 Å². The largest absolute Gasteiger partial charge is 0.316 e. The number of hydrogen-bond donors (Lipinski definition) is 1. The van der Waals surface area contributed by atoms with Crippen LogP contribution in [0.1, 0.15) is 19.4 Å². The second-order valence-electron chi connectivity index (χ2n) is 4.79. The van der Waals surface area contributed by atoms with Gasteiger partial charge in [-0.05, 0) is 38.6 Å². The average Bonchev–Trinajstić information content (AvgIpc) is 2.29. The maximum atomic E-state index is 12.0. The fourth-order valence-electron chi connectivity index (χ4n) is 1.91. The number of nitrogens with one attached hydrogen (secondary N) is 1. The van der Waals surface area contributed by atoms with E-state index in [4.69, 9.17) is 0 Å². The number of nitrogens with zero attached hydrogens (tertiary/aromatic N) is 1. The van der Waals surface area contributed by atoms with Crippen molar-refractivity contribution in [2.75, 3.05) is 11.4 Å². The first-order valence-electron chi connectivity index (χ1n) is 5.65. The summed E-state index contributed by atoms with van der Waals surface area (Å²) in [5.74, 6) is -0.385. The lowest BCUT2D eigenvalue weighted by atomic mass is 10.1. The predicted molar refractivity (Wildman–Crippen MR) is 69.7 cm³/mol. The molecule has 5 nitrogen and oxygen atoms in total. The van der Waals surface area contributed by atoms with Crippen molar-refractivity contribution in [3.8, 4) is 0 Å². The van der Waals surface area contributed by atoms with E-state index in [0.717, 1.165) is 9.87 Å². The van der Waals surface area contributed by atoms with E-state index in [1.165, 1.54) is 13.8 Å². The zero-order valence-corrected chi connectivity index (χ0v) is 11.4. The Labute approximate surface area is 107 Å². The van der Waals surface area contributed by atoms with Crippen LogP contribution in [0, 0.1) is 0 Å². The molecule has 0 aromatic heterocycles. The number of carbonyl (C=O) groups excluding carboxylic acids is 1. The van der Waals surface area contributed by atoms with Gasteiger partial charge in [0.25, 0.3) is 15.9 Å². The molecular weight excluding hydrogens is 252 g/mol. The fourth-order valence-corrected chi connectivity index (χ4v) is 3.38. The first kappa shape index (κ1) is 13.0. The minimum Gasteiger partial charge on any atom is -0.316 e. The highest BCUT2D eigenvalue weighted by Crippen LogP contribution is 2.39. The molecule has 18 heavy (non-hydrogen) atoms. The third kappa shape index (κ3) is 1.64. The van der Waals surface area contributed by atoms with Gasteiger partial charge < -0.3 is 5.32 Å². The van der Waals surface area contributed by atoms with Crippen molar-refractivity contribution >= 4 is 21.6 Å². The molecule has 0 saturated carbocycles. The van der Waals surface area contributed by atoms with Crippen LogP contribution in [-0.2, 0) is 21.4 Å². The summed E-state index contributed by atoms with van der Waals surface area (Å²) >= 11 is 0. The first-order valence-corrected chi connectivity index (χ1v) is 7.09. The molecule has 1 aliphatic heterocycles. The molecule has 6 heteroatoms. The average molecular weight is 268 g/mol. The van der Waals surface area contributed by atoms with E-state index in [1.54, 1.807) is 25.2 Å². The summed E-state index contributed by atoms with van der Waals surface area (Å²) in [4.78, 5) is 11.9. The number of carbonyl (C=O) groups is 1. The van der Waals surface area contributed by atoms with Crippen molar-refractivity contribution in [1.82, 2.24) is 5.32 Å². The van der Waals surface area contributed by atoms with Gasteiger partial charge in [0.05, 0.1) is 5.69 Å². The van der Waals surface area contributed by atoms with Gasteiger partial charge in [0.2, 0.25) is 0 Å². The molecule has 0 radical (unpaired) electrons. The van der Waals surface area contributed by atoms with Gasteiger partial charge in [0.1, 0.15) is 0 Å². The molecule has 1 N–H and O–H groups in total. The number of sulfonamides is 1. The van der Waals surface area contributed by atoms with Crippen LogP contribution >= 0.6 is 0 Å². The SMILES string of the molecule is CNCc1cccc(N2C(=O)C(C)(C)S2(=O)=O)c1. The smallest absolute Gasteiger partial charge is 0.263 e. The third-order valence-electron chi connectivity index (χ3n) is 3.11. The summed E-state index contributed by atoms with van der Waals surface area (Å²) in [6.07, 6.45) is 0. The Balaban J connectivity index is 2.40. The van der Waals surface area contributed by atoms with Crippen molar-refractivity contribution in [1.29, 1.82) is 0 Å². The maximum absolute atomic E-state index is 12.0. The number of amides is 1. The summed E-state index contributed by atoms with van der Waals surface area (Å²) in [6.45, 7) is 3.48. The van der Waals surface area contributed by atoms with Crippen LogP contribution in [0.2, 0.25) is 0 Å². The van der Waals surface area contributed by atoms with Crippen LogP contribution in [0.15, 0.2) is 24.3 Å². The van der Waals surface area contributed by atoms with Crippen molar-refractivity contribution in [3.05, 3.63) is 29.8 Å². The Bertz CT molecular complexity index is 593.